The maximum Gasteiger partial charge on any atom is 0.416 e. The number of alkyl halides is 6. The maximum atomic E-state index is 13.6. The third-order valence-electron chi connectivity index (χ3n) is 6.96. The molecule has 0 bridgehead atoms. The van der Waals surface area contributed by atoms with Gasteiger partial charge in [0.15, 0.2) is 0 Å². The van der Waals surface area contributed by atoms with Gasteiger partial charge >= 0.3 is 12.4 Å². The Morgan fingerprint density at radius 3 is 2.14 bits per heavy atom. The smallest absolute Gasteiger partial charge is 0.361 e. The highest BCUT2D eigenvalue weighted by Gasteiger charge is 2.33. The van der Waals surface area contributed by atoms with Gasteiger partial charge in [0, 0.05) is 41.8 Å². The van der Waals surface area contributed by atoms with E-state index in [-0.39, 0.29) is 18.7 Å². The van der Waals surface area contributed by atoms with E-state index in [0.29, 0.717) is 12.0 Å². The lowest BCUT2D eigenvalue weighted by Crippen LogP contribution is -2.46. The lowest BCUT2D eigenvalue weighted by Gasteiger charge is -2.30. The Balaban J connectivity index is 1.58. The third kappa shape index (κ3) is 7.32. The number of aromatic nitrogens is 1. The molecule has 2 amide bonds. The SMILES string of the molecule is CC(C)N(CC(=O)N(CCc1c[nH]c2ccccc12)Cc1ccc(C(F)(F)F)cc1)C(=O)c1cccc(C(F)(F)F)c1. The highest BCUT2D eigenvalue weighted by Crippen LogP contribution is 2.31. The fourth-order valence-electron chi connectivity index (χ4n) is 4.63. The van der Waals surface area contributed by atoms with Crippen LogP contribution in [0.15, 0.2) is 79.0 Å². The molecule has 1 aromatic heterocycles. The standard InChI is InChI=1S/C31H29F6N3O2/c1-20(2)40(29(42)22-6-5-7-25(16-22)31(35,36)37)19-28(41)39(18-21-10-12-24(13-11-21)30(32,33)34)15-14-23-17-38-27-9-4-3-8-26(23)27/h3-13,16-17,20,38H,14-15,18-19H2,1-2H3. The molecule has 0 atom stereocenters. The second-order valence-electron chi connectivity index (χ2n) is 10.2. The first kappa shape index (κ1) is 30.7. The Labute approximate surface area is 238 Å². The van der Waals surface area contributed by atoms with Crippen molar-refractivity contribution < 1.29 is 35.9 Å². The molecule has 222 valence electrons. The molecule has 0 saturated heterocycles. The Morgan fingerprint density at radius 2 is 1.50 bits per heavy atom. The van der Waals surface area contributed by atoms with E-state index < -0.39 is 47.9 Å². The molecule has 0 saturated carbocycles. The van der Waals surface area contributed by atoms with Crippen molar-refractivity contribution in [3.05, 3.63) is 107 Å². The van der Waals surface area contributed by atoms with E-state index >= 15 is 0 Å². The van der Waals surface area contributed by atoms with Gasteiger partial charge in [-0.2, -0.15) is 26.3 Å². The zero-order valence-electron chi connectivity index (χ0n) is 22.9. The lowest BCUT2D eigenvalue weighted by atomic mass is 10.1. The molecule has 1 N–H and O–H groups in total. The van der Waals surface area contributed by atoms with Gasteiger partial charge in [-0.25, -0.2) is 0 Å². The summed E-state index contributed by atoms with van der Waals surface area (Å²) in [7, 11) is 0. The average molecular weight is 590 g/mol. The van der Waals surface area contributed by atoms with Crippen LogP contribution < -0.4 is 0 Å². The zero-order chi connectivity index (χ0) is 30.7. The summed E-state index contributed by atoms with van der Waals surface area (Å²) in [6.45, 7) is 3.02. The van der Waals surface area contributed by atoms with E-state index in [1.807, 2.05) is 30.5 Å². The molecule has 0 spiro atoms. The number of nitrogens with one attached hydrogen (secondary N) is 1. The number of hydrogen-bond acceptors (Lipinski definition) is 2. The monoisotopic (exact) mass is 589 g/mol. The number of para-hydroxylation sites is 1. The number of aromatic amines is 1. The molecule has 4 rings (SSSR count). The van der Waals surface area contributed by atoms with Crippen molar-refractivity contribution in [2.75, 3.05) is 13.1 Å². The number of carbonyl (C=O) groups is 2. The van der Waals surface area contributed by atoms with Crippen LogP contribution in [-0.2, 0) is 30.1 Å². The summed E-state index contributed by atoms with van der Waals surface area (Å²) in [4.78, 5) is 32.7. The first-order chi connectivity index (χ1) is 19.7. The van der Waals surface area contributed by atoms with Crippen LogP contribution in [0.3, 0.4) is 0 Å². The predicted molar refractivity (Wildman–Crippen MR) is 146 cm³/mol. The van der Waals surface area contributed by atoms with Crippen molar-refractivity contribution in [2.45, 2.75) is 45.2 Å². The Morgan fingerprint density at radius 1 is 0.833 bits per heavy atom. The second kappa shape index (κ2) is 12.3. The van der Waals surface area contributed by atoms with E-state index in [0.717, 1.165) is 46.8 Å². The van der Waals surface area contributed by atoms with E-state index in [1.54, 1.807) is 13.8 Å². The molecule has 0 aliphatic rings. The van der Waals surface area contributed by atoms with E-state index in [9.17, 15) is 35.9 Å². The van der Waals surface area contributed by atoms with Crippen molar-refractivity contribution in [2.24, 2.45) is 0 Å². The minimum absolute atomic E-state index is 0.0248. The molecule has 0 radical (unpaired) electrons. The van der Waals surface area contributed by atoms with E-state index in [1.165, 1.54) is 28.0 Å². The number of benzene rings is 3. The van der Waals surface area contributed by atoms with Crippen molar-refractivity contribution in [1.82, 2.24) is 14.8 Å². The molecule has 0 aliphatic heterocycles. The van der Waals surface area contributed by atoms with Crippen LogP contribution in [0.5, 0.6) is 0 Å². The van der Waals surface area contributed by atoms with Crippen LogP contribution >= 0.6 is 0 Å². The molecule has 11 heteroatoms. The minimum Gasteiger partial charge on any atom is -0.361 e. The molecule has 5 nitrogen and oxygen atoms in total. The van der Waals surface area contributed by atoms with Gasteiger partial charge in [0.25, 0.3) is 5.91 Å². The zero-order valence-corrected chi connectivity index (χ0v) is 22.9. The Bertz CT molecular complexity index is 1540. The number of hydrogen-bond donors (Lipinski definition) is 1. The van der Waals surface area contributed by atoms with Gasteiger partial charge in [0.05, 0.1) is 11.1 Å². The van der Waals surface area contributed by atoms with Crippen molar-refractivity contribution in [3.63, 3.8) is 0 Å². The number of fused-ring (bicyclic) bond motifs is 1. The summed E-state index contributed by atoms with van der Waals surface area (Å²) in [6, 6.07) is 15.5. The van der Waals surface area contributed by atoms with Crippen molar-refractivity contribution in [1.29, 1.82) is 0 Å². The van der Waals surface area contributed by atoms with Crippen LogP contribution in [0.25, 0.3) is 10.9 Å². The largest absolute Gasteiger partial charge is 0.416 e. The molecule has 0 unspecified atom stereocenters. The van der Waals surface area contributed by atoms with Crippen LogP contribution in [0.2, 0.25) is 0 Å². The molecule has 0 aliphatic carbocycles. The number of nitrogens with zero attached hydrogens (tertiary/aromatic N) is 2. The summed E-state index contributed by atoms with van der Waals surface area (Å²) in [5.74, 6) is -1.24. The average Bonchev–Trinajstić information content (AvgIpc) is 3.35. The lowest BCUT2D eigenvalue weighted by molar-refractivity contribution is -0.138. The summed E-state index contributed by atoms with van der Waals surface area (Å²) in [5.41, 5.74) is 0.281. The van der Waals surface area contributed by atoms with Gasteiger partial charge in [0.2, 0.25) is 5.91 Å². The van der Waals surface area contributed by atoms with Gasteiger partial charge in [0.1, 0.15) is 6.54 Å². The van der Waals surface area contributed by atoms with Gasteiger partial charge in [-0.1, -0.05) is 36.4 Å². The number of H-pyrrole nitrogens is 1. The topological polar surface area (TPSA) is 56.4 Å². The fourth-order valence-corrected chi connectivity index (χ4v) is 4.63. The quantitative estimate of drug-likeness (QED) is 0.208. The molecule has 3 aromatic carbocycles. The number of halogens is 6. The first-order valence-electron chi connectivity index (χ1n) is 13.2. The van der Waals surface area contributed by atoms with E-state index in [4.69, 9.17) is 0 Å². The summed E-state index contributed by atoms with van der Waals surface area (Å²) in [5, 5.41) is 0.961. The highest BCUT2D eigenvalue weighted by atomic mass is 19.4. The fraction of sp³-hybridized carbons (Fsp3) is 0.290. The van der Waals surface area contributed by atoms with Gasteiger partial charge in [-0.05, 0) is 67.8 Å². The first-order valence-corrected chi connectivity index (χ1v) is 13.2. The molecule has 0 fully saturated rings. The van der Waals surface area contributed by atoms with Gasteiger partial charge < -0.3 is 14.8 Å². The Hall–Kier alpha value is -4.28. The normalized spacial score (nSPS) is 12.1. The predicted octanol–water partition coefficient (Wildman–Crippen LogP) is 7.33. The summed E-state index contributed by atoms with van der Waals surface area (Å²) in [6.07, 6.45) is -6.91. The molecular weight excluding hydrogens is 560 g/mol. The second-order valence-corrected chi connectivity index (χ2v) is 10.2. The van der Waals surface area contributed by atoms with Crippen LogP contribution in [0.4, 0.5) is 26.3 Å². The van der Waals surface area contributed by atoms with Crippen LogP contribution in [0.1, 0.15) is 46.5 Å². The van der Waals surface area contributed by atoms with E-state index in [2.05, 4.69) is 4.98 Å². The summed E-state index contributed by atoms with van der Waals surface area (Å²) < 4.78 is 79.0. The molecular formula is C31H29F6N3O2. The molecule has 1 heterocycles. The minimum atomic E-state index is -4.64. The van der Waals surface area contributed by atoms with Gasteiger partial charge in [-0.3, -0.25) is 9.59 Å². The van der Waals surface area contributed by atoms with Crippen LogP contribution in [0, 0.1) is 0 Å². The molecule has 4 aromatic rings. The highest BCUT2D eigenvalue weighted by molar-refractivity contribution is 5.97. The summed E-state index contributed by atoms with van der Waals surface area (Å²) >= 11 is 0. The Kier molecular flexibility index (Phi) is 8.98. The van der Waals surface area contributed by atoms with Gasteiger partial charge in [-0.15, -0.1) is 0 Å². The van der Waals surface area contributed by atoms with Crippen molar-refractivity contribution in [3.8, 4) is 0 Å². The van der Waals surface area contributed by atoms with Crippen molar-refractivity contribution >= 4 is 22.7 Å². The maximum absolute atomic E-state index is 13.6. The van der Waals surface area contributed by atoms with Crippen LogP contribution in [-0.4, -0.2) is 45.7 Å². The number of amides is 2. The molecule has 42 heavy (non-hydrogen) atoms. The third-order valence-corrected chi connectivity index (χ3v) is 6.96. The number of rotatable bonds is 9. The number of carbonyl (C=O) groups excluding carboxylic acids is 2.